The molecule has 6 nitrogen and oxygen atoms in total. The Hall–Kier alpha value is -1.60. The number of likely N-dealkylation sites (N-methyl/N-ethyl adjacent to an activating group) is 1. The molecule has 0 spiro atoms. The first-order valence-electron chi connectivity index (χ1n) is 9.79. The topological polar surface area (TPSA) is 66.9 Å². The van der Waals surface area contributed by atoms with Gasteiger partial charge < -0.3 is 9.64 Å². The Bertz CT molecular complexity index is 738. The molecule has 0 unspecified atom stereocenters. The lowest BCUT2D eigenvalue weighted by Gasteiger charge is -2.34. The highest BCUT2D eigenvalue weighted by atomic mass is 32.2. The molecular weight excluding hydrogens is 364 g/mol. The summed E-state index contributed by atoms with van der Waals surface area (Å²) < 4.78 is 33.9. The van der Waals surface area contributed by atoms with Gasteiger partial charge >= 0.3 is 0 Å². The summed E-state index contributed by atoms with van der Waals surface area (Å²) in [6, 6.07) is 4.98. The predicted molar refractivity (Wildman–Crippen MR) is 106 cm³/mol. The van der Waals surface area contributed by atoms with E-state index >= 15 is 0 Å². The van der Waals surface area contributed by atoms with Crippen LogP contribution < -0.4 is 4.74 Å². The van der Waals surface area contributed by atoms with E-state index in [4.69, 9.17) is 4.74 Å². The van der Waals surface area contributed by atoms with Crippen LogP contribution in [0.2, 0.25) is 0 Å². The van der Waals surface area contributed by atoms with Crippen LogP contribution in [0.5, 0.6) is 5.75 Å². The molecule has 7 heteroatoms. The number of rotatable bonds is 8. The molecule has 1 aliphatic rings. The molecule has 1 aromatic rings. The predicted octanol–water partition coefficient (Wildman–Crippen LogP) is 3.20. The van der Waals surface area contributed by atoms with Crippen molar-refractivity contribution < 1.29 is 17.9 Å². The smallest absolute Gasteiger partial charge is 0.247 e. The Balaban J connectivity index is 2.45. The molecule has 0 bridgehead atoms. The van der Waals surface area contributed by atoms with Crippen molar-refractivity contribution in [3.05, 3.63) is 23.8 Å². The molecule has 0 atom stereocenters. The van der Waals surface area contributed by atoms with Crippen molar-refractivity contribution in [3.63, 3.8) is 0 Å². The van der Waals surface area contributed by atoms with E-state index in [0.29, 0.717) is 18.8 Å². The van der Waals surface area contributed by atoms with E-state index < -0.39 is 10.0 Å². The van der Waals surface area contributed by atoms with Crippen molar-refractivity contribution in [1.82, 2.24) is 9.21 Å². The zero-order valence-corrected chi connectivity index (χ0v) is 17.7. The van der Waals surface area contributed by atoms with Gasteiger partial charge in [0, 0.05) is 19.1 Å². The fourth-order valence-electron chi connectivity index (χ4n) is 3.70. The van der Waals surface area contributed by atoms with Crippen LogP contribution in [0.3, 0.4) is 0 Å². The number of benzene rings is 1. The summed E-state index contributed by atoms with van der Waals surface area (Å²) in [7, 11) is -2.38. The van der Waals surface area contributed by atoms with Gasteiger partial charge in [-0.1, -0.05) is 25.3 Å². The number of ether oxygens (including phenoxy) is 1. The molecular formula is C20H32N2O4S. The molecule has 1 aliphatic carbocycles. The summed E-state index contributed by atoms with van der Waals surface area (Å²) in [6.07, 6.45) is 4.67. The van der Waals surface area contributed by atoms with Gasteiger partial charge in [0.1, 0.15) is 10.6 Å². The quantitative estimate of drug-likeness (QED) is 0.677. The average molecular weight is 397 g/mol. The second kappa shape index (κ2) is 9.55. The van der Waals surface area contributed by atoms with Crippen molar-refractivity contribution in [2.45, 2.75) is 63.8 Å². The molecule has 0 saturated heterocycles. The first kappa shape index (κ1) is 21.7. The molecule has 1 fully saturated rings. The molecule has 0 radical (unpaired) electrons. The lowest BCUT2D eigenvalue weighted by Crippen LogP contribution is -2.48. The number of carbonyl (C=O) groups is 1. The maximum atomic E-state index is 13.6. The van der Waals surface area contributed by atoms with Gasteiger partial charge in [0.15, 0.2) is 0 Å². The van der Waals surface area contributed by atoms with E-state index in [1.165, 1.54) is 11.4 Å². The minimum atomic E-state index is -3.85. The monoisotopic (exact) mass is 396 g/mol. The van der Waals surface area contributed by atoms with Crippen molar-refractivity contribution >= 4 is 15.9 Å². The zero-order valence-electron chi connectivity index (χ0n) is 16.9. The standard InChI is InChI=1S/C20H32N2O4S/c1-5-21(6-2)20(23)15-22(17-10-8-7-9-11-17)27(24,25)19-14-16(3)12-13-18(19)26-4/h12-14,17H,5-11,15H2,1-4H3. The van der Waals surface area contributed by atoms with Gasteiger partial charge in [0.2, 0.25) is 15.9 Å². The van der Waals surface area contributed by atoms with Gasteiger partial charge in [0.25, 0.3) is 0 Å². The van der Waals surface area contributed by atoms with Crippen LogP contribution in [0.1, 0.15) is 51.5 Å². The largest absolute Gasteiger partial charge is 0.495 e. The van der Waals surface area contributed by atoms with Crippen molar-refractivity contribution in [2.24, 2.45) is 0 Å². The summed E-state index contributed by atoms with van der Waals surface area (Å²) in [4.78, 5) is 14.6. The first-order valence-corrected chi connectivity index (χ1v) is 11.2. The third kappa shape index (κ3) is 5.02. The number of hydrogen-bond acceptors (Lipinski definition) is 4. The van der Waals surface area contributed by atoms with E-state index in [2.05, 4.69) is 0 Å². The Morgan fingerprint density at radius 3 is 2.33 bits per heavy atom. The number of methoxy groups -OCH3 is 1. The van der Waals surface area contributed by atoms with Crippen LogP contribution in [0, 0.1) is 6.92 Å². The van der Waals surface area contributed by atoms with Crippen LogP contribution in [0.25, 0.3) is 0 Å². The van der Waals surface area contributed by atoms with Crippen LogP contribution in [-0.2, 0) is 14.8 Å². The maximum absolute atomic E-state index is 13.6. The van der Waals surface area contributed by atoms with Crippen molar-refractivity contribution in [1.29, 1.82) is 0 Å². The summed E-state index contributed by atoms with van der Waals surface area (Å²) in [5.41, 5.74) is 0.841. The number of hydrogen-bond donors (Lipinski definition) is 0. The van der Waals surface area contributed by atoms with E-state index in [-0.39, 0.29) is 23.4 Å². The maximum Gasteiger partial charge on any atom is 0.247 e. The zero-order chi connectivity index (χ0) is 20.0. The Labute approximate surface area is 163 Å². The Kier molecular flexibility index (Phi) is 7.68. The van der Waals surface area contributed by atoms with E-state index in [1.54, 1.807) is 17.0 Å². The summed E-state index contributed by atoms with van der Waals surface area (Å²) in [5, 5.41) is 0. The second-order valence-electron chi connectivity index (χ2n) is 7.06. The molecule has 0 aromatic heterocycles. The normalized spacial score (nSPS) is 15.7. The molecule has 27 heavy (non-hydrogen) atoms. The first-order chi connectivity index (χ1) is 12.8. The van der Waals surface area contributed by atoms with Crippen LogP contribution in [-0.4, -0.2) is 56.3 Å². The molecule has 1 aromatic carbocycles. The minimum absolute atomic E-state index is 0.119. The van der Waals surface area contributed by atoms with E-state index in [9.17, 15) is 13.2 Å². The van der Waals surface area contributed by atoms with Gasteiger partial charge in [0.05, 0.1) is 13.7 Å². The van der Waals surface area contributed by atoms with E-state index in [0.717, 1.165) is 37.7 Å². The number of aryl methyl sites for hydroxylation is 1. The fourth-order valence-corrected chi connectivity index (χ4v) is 5.58. The molecule has 0 heterocycles. The SMILES string of the molecule is CCN(CC)C(=O)CN(C1CCCCC1)S(=O)(=O)c1cc(C)ccc1OC. The van der Waals surface area contributed by atoms with Crippen LogP contribution >= 0.6 is 0 Å². The highest BCUT2D eigenvalue weighted by Crippen LogP contribution is 2.32. The second-order valence-corrected chi connectivity index (χ2v) is 8.92. The van der Waals surface area contributed by atoms with Gasteiger partial charge in [-0.3, -0.25) is 4.79 Å². The van der Waals surface area contributed by atoms with Gasteiger partial charge in [-0.15, -0.1) is 0 Å². The lowest BCUT2D eigenvalue weighted by molar-refractivity contribution is -0.131. The van der Waals surface area contributed by atoms with Crippen LogP contribution in [0.4, 0.5) is 0 Å². The third-order valence-corrected chi connectivity index (χ3v) is 7.21. The van der Waals surface area contributed by atoms with E-state index in [1.807, 2.05) is 26.8 Å². The number of sulfonamides is 1. The molecule has 0 aliphatic heterocycles. The van der Waals surface area contributed by atoms with Crippen molar-refractivity contribution in [2.75, 3.05) is 26.7 Å². The Morgan fingerprint density at radius 1 is 1.15 bits per heavy atom. The summed E-state index contributed by atoms with van der Waals surface area (Å²) in [5.74, 6) is 0.164. The molecule has 152 valence electrons. The van der Waals surface area contributed by atoms with Crippen LogP contribution in [0.15, 0.2) is 23.1 Å². The van der Waals surface area contributed by atoms with Gasteiger partial charge in [-0.25, -0.2) is 8.42 Å². The van der Waals surface area contributed by atoms with Gasteiger partial charge in [-0.2, -0.15) is 4.31 Å². The average Bonchev–Trinajstić information content (AvgIpc) is 2.67. The number of nitrogens with zero attached hydrogens (tertiary/aromatic N) is 2. The van der Waals surface area contributed by atoms with Gasteiger partial charge in [-0.05, 0) is 51.3 Å². The highest BCUT2D eigenvalue weighted by Gasteiger charge is 2.36. The highest BCUT2D eigenvalue weighted by molar-refractivity contribution is 7.89. The Morgan fingerprint density at radius 2 is 1.78 bits per heavy atom. The number of amides is 1. The summed E-state index contributed by atoms with van der Waals surface area (Å²) >= 11 is 0. The fraction of sp³-hybridized carbons (Fsp3) is 0.650. The third-order valence-electron chi connectivity index (χ3n) is 5.29. The lowest BCUT2D eigenvalue weighted by atomic mass is 9.95. The van der Waals surface area contributed by atoms with Crippen molar-refractivity contribution in [3.8, 4) is 5.75 Å². The molecule has 0 N–H and O–H groups in total. The number of carbonyl (C=O) groups excluding carboxylic acids is 1. The minimum Gasteiger partial charge on any atom is -0.495 e. The molecule has 2 rings (SSSR count). The molecule has 1 saturated carbocycles. The molecule has 1 amide bonds. The summed E-state index contributed by atoms with van der Waals surface area (Å²) in [6.45, 7) is 6.69.